The van der Waals surface area contributed by atoms with Gasteiger partial charge in [-0.2, -0.15) is 24.5 Å². The number of carboxylic acid groups (broad SMARTS) is 1. The molecule has 0 aliphatic carbocycles. The molecular weight excluding hydrogens is 337 g/mol. The van der Waals surface area contributed by atoms with Crippen LogP contribution in [0.2, 0.25) is 0 Å². The number of carbonyl (C=O) groups excluding carboxylic acids is 2. The Bertz CT molecular complexity index is 546. The second-order valence-corrected chi connectivity index (χ2v) is 5.43. The highest BCUT2D eigenvalue weighted by molar-refractivity contribution is 7.08. The molecule has 23 heavy (non-hydrogen) atoms. The predicted octanol–water partition coefficient (Wildman–Crippen LogP) is 1.78. The van der Waals surface area contributed by atoms with E-state index in [-0.39, 0.29) is 25.3 Å². The first-order chi connectivity index (χ1) is 10.7. The van der Waals surface area contributed by atoms with Gasteiger partial charge in [0.15, 0.2) is 0 Å². The first kappa shape index (κ1) is 18.9. The summed E-state index contributed by atoms with van der Waals surface area (Å²) >= 11 is 1.35. The van der Waals surface area contributed by atoms with Gasteiger partial charge in [0, 0.05) is 23.9 Å². The minimum Gasteiger partial charge on any atom is -0.480 e. The summed E-state index contributed by atoms with van der Waals surface area (Å²) in [7, 11) is 0. The highest BCUT2D eigenvalue weighted by Gasteiger charge is 2.36. The van der Waals surface area contributed by atoms with Crippen LogP contribution in [0.1, 0.15) is 29.6 Å². The zero-order valence-corrected chi connectivity index (χ0v) is 12.7. The molecule has 0 aliphatic rings. The van der Waals surface area contributed by atoms with Crippen molar-refractivity contribution >= 4 is 29.1 Å². The number of carboxylic acids is 1. The van der Waals surface area contributed by atoms with Gasteiger partial charge in [-0.1, -0.05) is 0 Å². The summed E-state index contributed by atoms with van der Waals surface area (Å²) in [6, 6.07) is -0.385. The van der Waals surface area contributed by atoms with E-state index in [4.69, 9.17) is 5.11 Å². The third-order valence-electron chi connectivity index (χ3n) is 2.72. The van der Waals surface area contributed by atoms with E-state index in [9.17, 15) is 27.6 Å². The predicted molar refractivity (Wildman–Crippen MR) is 76.1 cm³/mol. The van der Waals surface area contributed by atoms with Crippen molar-refractivity contribution in [3.8, 4) is 0 Å². The maximum atomic E-state index is 12.2. The van der Waals surface area contributed by atoms with Crippen LogP contribution in [0.25, 0.3) is 0 Å². The van der Waals surface area contributed by atoms with Crippen LogP contribution in [0, 0.1) is 0 Å². The summed E-state index contributed by atoms with van der Waals surface area (Å²) in [4.78, 5) is 33.7. The molecule has 1 atom stereocenters. The Morgan fingerprint density at radius 3 is 2.52 bits per heavy atom. The van der Waals surface area contributed by atoms with Crippen LogP contribution in [0.3, 0.4) is 0 Å². The second-order valence-electron chi connectivity index (χ2n) is 4.65. The van der Waals surface area contributed by atoms with Crippen molar-refractivity contribution in [3.05, 3.63) is 22.4 Å². The molecule has 1 aromatic rings. The zero-order valence-electron chi connectivity index (χ0n) is 11.9. The van der Waals surface area contributed by atoms with Crippen LogP contribution >= 0.6 is 11.3 Å². The van der Waals surface area contributed by atoms with Crippen molar-refractivity contribution in [1.29, 1.82) is 0 Å². The van der Waals surface area contributed by atoms with E-state index >= 15 is 0 Å². The van der Waals surface area contributed by atoms with E-state index in [0.29, 0.717) is 5.56 Å². The van der Waals surface area contributed by atoms with E-state index in [1.165, 1.54) is 11.3 Å². The van der Waals surface area contributed by atoms with Crippen molar-refractivity contribution in [2.75, 3.05) is 6.54 Å². The summed E-state index contributed by atoms with van der Waals surface area (Å²) in [6.45, 7) is 0.152. The van der Waals surface area contributed by atoms with Crippen molar-refractivity contribution in [1.82, 2.24) is 10.6 Å². The van der Waals surface area contributed by atoms with Gasteiger partial charge in [0.1, 0.15) is 6.04 Å². The van der Waals surface area contributed by atoms with Crippen molar-refractivity contribution in [2.45, 2.75) is 31.5 Å². The Labute approximate surface area is 133 Å². The minimum absolute atomic E-state index is 0.152. The lowest BCUT2D eigenvalue weighted by Crippen LogP contribution is -2.43. The van der Waals surface area contributed by atoms with Crippen LogP contribution in [-0.2, 0) is 9.59 Å². The number of halogens is 3. The standard InChI is InChI=1S/C13H15F3N2O4S/c14-13(15,16)6-9(12(21)22)18-10(19)2-1-4-17-11(20)8-3-5-23-7-8/h3,5,7,9H,1-2,4,6H2,(H,17,20)(H,18,19)(H,21,22). The fourth-order valence-corrected chi connectivity index (χ4v) is 2.28. The number of hydrogen-bond acceptors (Lipinski definition) is 4. The quantitative estimate of drug-likeness (QED) is 0.622. The summed E-state index contributed by atoms with van der Waals surface area (Å²) in [5, 5.41) is 16.4. The maximum Gasteiger partial charge on any atom is 0.391 e. The Morgan fingerprint density at radius 2 is 2.00 bits per heavy atom. The van der Waals surface area contributed by atoms with Gasteiger partial charge in [0.05, 0.1) is 6.42 Å². The van der Waals surface area contributed by atoms with Crippen LogP contribution in [0.15, 0.2) is 16.8 Å². The monoisotopic (exact) mass is 352 g/mol. The Balaban J connectivity index is 2.30. The van der Waals surface area contributed by atoms with Crippen LogP contribution in [0.4, 0.5) is 13.2 Å². The van der Waals surface area contributed by atoms with Gasteiger partial charge in [-0.05, 0) is 17.9 Å². The Hall–Kier alpha value is -2.10. The first-order valence-electron chi connectivity index (χ1n) is 6.58. The van der Waals surface area contributed by atoms with E-state index in [1.54, 1.807) is 16.8 Å². The van der Waals surface area contributed by atoms with Gasteiger partial charge in [0.25, 0.3) is 5.91 Å². The zero-order chi connectivity index (χ0) is 17.5. The average molecular weight is 352 g/mol. The van der Waals surface area contributed by atoms with Gasteiger partial charge >= 0.3 is 12.1 Å². The van der Waals surface area contributed by atoms with Crippen LogP contribution in [0.5, 0.6) is 0 Å². The highest BCUT2D eigenvalue weighted by atomic mass is 32.1. The summed E-state index contributed by atoms with van der Waals surface area (Å²) in [5.74, 6) is -2.87. The second kappa shape index (κ2) is 8.51. The molecule has 6 nitrogen and oxygen atoms in total. The van der Waals surface area contributed by atoms with Crippen LogP contribution in [-0.4, -0.2) is 41.7 Å². The lowest BCUT2D eigenvalue weighted by Gasteiger charge is -2.16. The number of amides is 2. The number of thiophene rings is 1. The number of carbonyl (C=O) groups is 3. The number of hydrogen-bond donors (Lipinski definition) is 3. The Morgan fingerprint density at radius 1 is 1.30 bits per heavy atom. The highest BCUT2D eigenvalue weighted by Crippen LogP contribution is 2.21. The Kier molecular flexibility index (Phi) is 7.01. The largest absolute Gasteiger partial charge is 0.480 e. The fraction of sp³-hybridized carbons (Fsp3) is 0.462. The van der Waals surface area contributed by atoms with Gasteiger partial charge in [-0.25, -0.2) is 4.79 Å². The molecule has 128 valence electrons. The molecule has 1 unspecified atom stereocenters. The van der Waals surface area contributed by atoms with Gasteiger partial charge in [-0.3, -0.25) is 9.59 Å². The average Bonchev–Trinajstić information content (AvgIpc) is 2.95. The molecule has 0 saturated heterocycles. The molecule has 0 aromatic carbocycles. The molecular formula is C13H15F3N2O4S. The van der Waals surface area contributed by atoms with Crippen molar-refractivity contribution in [2.24, 2.45) is 0 Å². The van der Waals surface area contributed by atoms with E-state index in [2.05, 4.69) is 5.32 Å². The topological polar surface area (TPSA) is 95.5 Å². The summed E-state index contributed by atoms with van der Waals surface area (Å²) in [6.07, 6.45) is -6.33. The van der Waals surface area contributed by atoms with Crippen LogP contribution < -0.4 is 10.6 Å². The van der Waals surface area contributed by atoms with Crippen molar-refractivity contribution < 1.29 is 32.7 Å². The number of nitrogens with one attached hydrogen (secondary N) is 2. The van der Waals surface area contributed by atoms with Gasteiger partial charge < -0.3 is 15.7 Å². The fourth-order valence-electron chi connectivity index (χ4n) is 1.64. The first-order valence-corrected chi connectivity index (χ1v) is 7.52. The molecule has 1 heterocycles. The normalized spacial score (nSPS) is 12.5. The minimum atomic E-state index is -4.69. The number of aliphatic carboxylic acids is 1. The molecule has 10 heteroatoms. The molecule has 0 radical (unpaired) electrons. The molecule has 0 bridgehead atoms. The molecule has 0 saturated carbocycles. The SMILES string of the molecule is O=C(CCCNC(=O)c1ccsc1)NC(CC(F)(F)F)C(=O)O. The molecule has 1 aromatic heterocycles. The van der Waals surface area contributed by atoms with Gasteiger partial charge in [0.2, 0.25) is 5.91 Å². The summed E-state index contributed by atoms with van der Waals surface area (Å²) in [5.41, 5.74) is 0.482. The lowest BCUT2D eigenvalue weighted by molar-refractivity contribution is -0.160. The smallest absolute Gasteiger partial charge is 0.391 e. The van der Waals surface area contributed by atoms with Gasteiger partial charge in [-0.15, -0.1) is 0 Å². The third kappa shape index (κ3) is 7.63. The van der Waals surface area contributed by atoms with E-state index in [0.717, 1.165) is 0 Å². The molecule has 0 spiro atoms. The van der Waals surface area contributed by atoms with E-state index in [1.807, 2.05) is 5.32 Å². The maximum absolute atomic E-state index is 12.2. The van der Waals surface area contributed by atoms with E-state index < -0.39 is 30.5 Å². The molecule has 0 fully saturated rings. The van der Waals surface area contributed by atoms with Crippen molar-refractivity contribution in [3.63, 3.8) is 0 Å². The summed E-state index contributed by atoms with van der Waals surface area (Å²) < 4.78 is 36.6. The third-order valence-corrected chi connectivity index (χ3v) is 3.40. The molecule has 3 N–H and O–H groups in total. The molecule has 1 rings (SSSR count). The lowest BCUT2D eigenvalue weighted by atomic mass is 10.2. The molecule has 0 aliphatic heterocycles. The molecule has 2 amide bonds. The number of rotatable bonds is 8. The number of alkyl halides is 3.